The maximum Gasteiger partial charge on any atom is 0.200 e. The zero-order valence-corrected chi connectivity index (χ0v) is 10.4. The van der Waals surface area contributed by atoms with Crippen LogP contribution >= 0.6 is 0 Å². The summed E-state index contributed by atoms with van der Waals surface area (Å²) in [6.45, 7) is 5.45. The molecule has 2 N–H and O–H groups in total. The van der Waals surface area contributed by atoms with Crippen molar-refractivity contribution in [3.05, 3.63) is 11.9 Å². The second-order valence-corrected chi connectivity index (χ2v) is 5.26. The third-order valence-corrected chi connectivity index (χ3v) is 3.68. The Bertz CT molecular complexity index is 311. The van der Waals surface area contributed by atoms with Crippen molar-refractivity contribution in [2.75, 3.05) is 11.9 Å². The van der Waals surface area contributed by atoms with Crippen LogP contribution in [0.25, 0.3) is 0 Å². The van der Waals surface area contributed by atoms with Gasteiger partial charge in [0.25, 0.3) is 0 Å². The van der Waals surface area contributed by atoms with Crippen molar-refractivity contribution in [2.45, 2.75) is 46.0 Å². The number of nitrogens with zero attached hydrogens (tertiary/aromatic N) is 1. The monoisotopic (exact) mass is 221 g/mol. The van der Waals surface area contributed by atoms with Crippen LogP contribution < -0.4 is 5.32 Å². The van der Waals surface area contributed by atoms with E-state index in [-0.39, 0.29) is 0 Å². The molecule has 1 fully saturated rings. The highest BCUT2D eigenvalue weighted by atomic mass is 15.1. The summed E-state index contributed by atoms with van der Waals surface area (Å²) in [7, 11) is 0. The molecule has 0 spiro atoms. The lowest BCUT2D eigenvalue weighted by Gasteiger charge is -2.26. The summed E-state index contributed by atoms with van der Waals surface area (Å²) < 4.78 is 0. The molecular formula is C13H23N3. The summed E-state index contributed by atoms with van der Waals surface area (Å²) in [6.07, 6.45) is 8.83. The molecule has 1 aliphatic rings. The highest BCUT2D eigenvalue weighted by Gasteiger charge is 2.17. The molecule has 0 radical (unpaired) electrons. The zero-order chi connectivity index (χ0) is 11.4. The Hall–Kier alpha value is -0.990. The Kier molecular flexibility index (Phi) is 3.86. The smallest absolute Gasteiger partial charge is 0.200 e. The highest BCUT2D eigenvalue weighted by molar-refractivity contribution is 5.25. The van der Waals surface area contributed by atoms with Gasteiger partial charge in [0.15, 0.2) is 5.95 Å². The number of rotatable bonds is 4. The number of aromatic amines is 1. The van der Waals surface area contributed by atoms with E-state index in [4.69, 9.17) is 0 Å². The third kappa shape index (κ3) is 3.26. The predicted molar refractivity (Wildman–Crippen MR) is 67.6 cm³/mol. The Morgan fingerprint density at radius 2 is 2.12 bits per heavy atom. The molecule has 3 heteroatoms. The van der Waals surface area contributed by atoms with Crippen molar-refractivity contribution in [1.82, 2.24) is 9.97 Å². The molecule has 1 aromatic heterocycles. The Balaban J connectivity index is 1.64. The van der Waals surface area contributed by atoms with Gasteiger partial charge >= 0.3 is 0 Å². The quantitative estimate of drug-likeness (QED) is 0.818. The average molecular weight is 221 g/mol. The van der Waals surface area contributed by atoms with E-state index >= 15 is 0 Å². The SMILES string of the molecule is Cc1cnc(NCCC2CCC(C)CC2)[nH]1. The van der Waals surface area contributed by atoms with Crippen molar-refractivity contribution in [2.24, 2.45) is 11.8 Å². The Labute approximate surface area is 98.1 Å². The van der Waals surface area contributed by atoms with Gasteiger partial charge < -0.3 is 10.3 Å². The van der Waals surface area contributed by atoms with Gasteiger partial charge in [-0.3, -0.25) is 0 Å². The van der Waals surface area contributed by atoms with Gasteiger partial charge in [0.05, 0.1) is 0 Å². The molecule has 0 aliphatic heterocycles. The molecule has 1 aliphatic carbocycles. The summed E-state index contributed by atoms with van der Waals surface area (Å²) in [4.78, 5) is 7.44. The lowest BCUT2D eigenvalue weighted by molar-refractivity contribution is 0.282. The minimum absolute atomic E-state index is 0.918. The van der Waals surface area contributed by atoms with E-state index in [1.807, 2.05) is 13.1 Å². The summed E-state index contributed by atoms with van der Waals surface area (Å²) in [6, 6.07) is 0. The summed E-state index contributed by atoms with van der Waals surface area (Å²) in [5.74, 6) is 2.80. The number of anilines is 1. The second-order valence-electron chi connectivity index (χ2n) is 5.26. The predicted octanol–water partition coefficient (Wildman–Crippen LogP) is 3.35. The van der Waals surface area contributed by atoms with Gasteiger partial charge in [-0.1, -0.05) is 32.6 Å². The largest absolute Gasteiger partial charge is 0.356 e. The number of nitrogens with one attached hydrogen (secondary N) is 2. The van der Waals surface area contributed by atoms with E-state index < -0.39 is 0 Å². The van der Waals surface area contributed by atoms with Crippen LogP contribution in [-0.4, -0.2) is 16.5 Å². The van der Waals surface area contributed by atoms with Crippen LogP contribution in [0, 0.1) is 18.8 Å². The summed E-state index contributed by atoms with van der Waals surface area (Å²) in [5, 5.41) is 3.36. The number of hydrogen-bond donors (Lipinski definition) is 2. The summed E-state index contributed by atoms with van der Waals surface area (Å²) in [5.41, 5.74) is 1.12. The van der Waals surface area contributed by atoms with E-state index in [0.29, 0.717) is 0 Å². The van der Waals surface area contributed by atoms with Crippen LogP contribution in [0.15, 0.2) is 6.20 Å². The van der Waals surface area contributed by atoms with Gasteiger partial charge in [-0.2, -0.15) is 0 Å². The van der Waals surface area contributed by atoms with E-state index in [2.05, 4.69) is 22.2 Å². The first-order valence-corrected chi connectivity index (χ1v) is 6.49. The van der Waals surface area contributed by atoms with Crippen LogP contribution in [0.5, 0.6) is 0 Å². The van der Waals surface area contributed by atoms with Crippen LogP contribution in [0.1, 0.15) is 44.7 Å². The lowest BCUT2D eigenvalue weighted by atomic mass is 9.81. The third-order valence-electron chi connectivity index (χ3n) is 3.68. The van der Waals surface area contributed by atoms with Crippen LogP contribution in [-0.2, 0) is 0 Å². The molecule has 90 valence electrons. The number of hydrogen-bond acceptors (Lipinski definition) is 2. The molecule has 0 amide bonds. The maximum atomic E-state index is 4.24. The van der Waals surface area contributed by atoms with Crippen LogP contribution in [0.3, 0.4) is 0 Å². The zero-order valence-electron chi connectivity index (χ0n) is 10.4. The Morgan fingerprint density at radius 3 is 2.75 bits per heavy atom. The molecule has 0 unspecified atom stereocenters. The normalized spacial score (nSPS) is 25.6. The van der Waals surface area contributed by atoms with Crippen LogP contribution in [0.2, 0.25) is 0 Å². The first-order chi connectivity index (χ1) is 7.74. The van der Waals surface area contributed by atoms with Crippen LogP contribution in [0.4, 0.5) is 5.95 Å². The van der Waals surface area contributed by atoms with E-state index in [1.165, 1.54) is 32.1 Å². The van der Waals surface area contributed by atoms with Crippen molar-refractivity contribution in [3.63, 3.8) is 0 Å². The fraction of sp³-hybridized carbons (Fsp3) is 0.769. The maximum absolute atomic E-state index is 4.24. The standard InChI is InChI=1S/C13H23N3/c1-10-3-5-12(6-4-10)7-8-14-13-15-9-11(2)16-13/h9-10,12H,3-8H2,1-2H3,(H2,14,15,16). The highest BCUT2D eigenvalue weighted by Crippen LogP contribution is 2.30. The number of aryl methyl sites for hydroxylation is 1. The summed E-state index contributed by atoms with van der Waals surface area (Å²) >= 11 is 0. The lowest BCUT2D eigenvalue weighted by Crippen LogP contribution is -2.16. The number of H-pyrrole nitrogens is 1. The molecule has 1 aromatic rings. The fourth-order valence-corrected chi connectivity index (χ4v) is 2.52. The molecule has 2 rings (SSSR count). The molecule has 16 heavy (non-hydrogen) atoms. The van der Waals surface area contributed by atoms with E-state index in [9.17, 15) is 0 Å². The molecule has 0 aromatic carbocycles. The van der Waals surface area contributed by atoms with Gasteiger partial charge in [-0.25, -0.2) is 4.98 Å². The minimum Gasteiger partial charge on any atom is -0.356 e. The van der Waals surface area contributed by atoms with Crippen molar-refractivity contribution in [1.29, 1.82) is 0 Å². The second kappa shape index (κ2) is 5.37. The van der Waals surface area contributed by atoms with Crippen molar-refractivity contribution in [3.8, 4) is 0 Å². The number of aromatic nitrogens is 2. The van der Waals surface area contributed by atoms with Gasteiger partial charge in [0.2, 0.25) is 0 Å². The molecule has 1 heterocycles. The van der Waals surface area contributed by atoms with Gasteiger partial charge in [-0.15, -0.1) is 0 Å². The molecule has 0 bridgehead atoms. The van der Waals surface area contributed by atoms with Gasteiger partial charge in [0, 0.05) is 18.4 Å². The topological polar surface area (TPSA) is 40.7 Å². The fourth-order valence-electron chi connectivity index (χ4n) is 2.52. The van der Waals surface area contributed by atoms with Crippen molar-refractivity contribution >= 4 is 5.95 Å². The molecule has 1 saturated carbocycles. The van der Waals surface area contributed by atoms with Gasteiger partial charge in [-0.05, 0) is 25.2 Å². The van der Waals surface area contributed by atoms with Crippen molar-refractivity contribution < 1.29 is 0 Å². The molecule has 0 saturated heterocycles. The molecule has 0 atom stereocenters. The molecular weight excluding hydrogens is 198 g/mol. The first kappa shape index (κ1) is 11.5. The van der Waals surface area contributed by atoms with Gasteiger partial charge in [0.1, 0.15) is 0 Å². The first-order valence-electron chi connectivity index (χ1n) is 6.49. The van der Waals surface area contributed by atoms with E-state index in [1.54, 1.807) is 0 Å². The average Bonchev–Trinajstić information content (AvgIpc) is 2.67. The minimum atomic E-state index is 0.918. The van der Waals surface area contributed by atoms with E-state index in [0.717, 1.165) is 30.0 Å². The Morgan fingerprint density at radius 1 is 1.38 bits per heavy atom. The number of imidazole rings is 1. The molecule has 3 nitrogen and oxygen atoms in total.